The number of piperazine rings is 1. The third-order valence-corrected chi connectivity index (χ3v) is 5.45. The number of rotatable bonds is 7. The topological polar surface area (TPSA) is 76.7 Å². The first-order valence-corrected chi connectivity index (χ1v) is 10.1. The molecule has 1 aliphatic rings. The number of methoxy groups -OCH3 is 1. The van der Waals surface area contributed by atoms with Gasteiger partial charge in [0.05, 0.1) is 12.8 Å². The Morgan fingerprint density at radius 2 is 1.52 bits per heavy atom. The predicted molar refractivity (Wildman–Crippen MR) is 128 cm³/mol. The summed E-state index contributed by atoms with van der Waals surface area (Å²) in [6.07, 6.45) is -0.522. The van der Waals surface area contributed by atoms with Crippen LogP contribution in [-0.2, 0) is 0 Å². The summed E-state index contributed by atoms with van der Waals surface area (Å²) in [4.78, 5) is 4.64. The van der Waals surface area contributed by atoms with Gasteiger partial charge in [-0.1, -0.05) is 48.5 Å². The van der Waals surface area contributed by atoms with Crippen molar-refractivity contribution in [2.45, 2.75) is 6.10 Å². The van der Waals surface area contributed by atoms with E-state index in [0.717, 1.165) is 54.1 Å². The average Bonchev–Trinajstić information content (AvgIpc) is 2.78. The van der Waals surface area contributed by atoms with E-state index in [0.29, 0.717) is 13.2 Å². The number of halogens is 1. The fourth-order valence-corrected chi connectivity index (χ4v) is 3.92. The Morgan fingerprint density at radius 1 is 0.871 bits per heavy atom. The maximum atomic E-state index is 10.5. The number of anilines is 1. The molecule has 1 saturated heterocycles. The minimum atomic E-state index is -0.522. The van der Waals surface area contributed by atoms with E-state index < -0.39 is 6.10 Å². The lowest BCUT2D eigenvalue weighted by Gasteiger charge is -2.37. The highest BCUT2D eigenvalue weighted by Crippen LogP contribution is 2.28. The number of aliphatic hydroxyl groups excluding tert-OH is 1. The van der Waals surface area contributed by atoms with E-state index in [1.54, 1.807) is 7.11 Å². The lowest BCUT2D eigenvalue weighted by molar-refractivity contribution is 0.0668. The Morgan fingerprint density at radius 3 is 2.29 bits per heavy atom. The van der Waals surface area contributed by atoms with Crippen LogP contribution in [-0.4, -0.2) is 68.0 Å². The molecule has 3 aromatic rings. The van der Waals surface area contributed by atoms with Crippen molar-refractivity contribution in [3.8, 4) is 11.5 Å². The van der Waals surface area contributed by atoms with Crippen LogP contribution in [0.3, 0.4) is 0 Å². The number of fused-ring (bicyclic) bond motifs is 1. The summed E-state index contributed by atoms with van der Waals surface area (Å²) in [7, 11) is 1.71. The highest BCUT2D eigenvalue weighted by Gasteiger charge is 2.21. The first-order valence-electron chi connectivity index (χ1n) is 10.1. The minimum Gasteiger partial charge on any atom is -0.495 e. The molecule has 3 N–H and O–H groups in total. The molecule has 1 atom stereocenters. The van der Waals surface area contributed by atoms with E-state index in [1.807, 2.05) is 48.5 Å². The third-order valence-electron chi connectivity index (χ3n) is 5.45. The van der Waals surface area contributed by atoms with E-state index >= 15 is 0 Å². The van der Waals surface area contributed by atoms with Crippen molar-refractivity contribution in [1.82, 2.24) is 4.90 Å². The average molecular weight is 447 g/mol. The minimum absolute atomic E-state index is 0. The van der Waals surface area contributed by atoms with Gasteiger partial charge < -0.3 is 25.0 Å². The molecule has 0 amide bonds. The molecule has 7 heteroatoms. The molecule has 1 fully saturated rings. The van der Waals surface area contributed by atoms with Gasteiger partial charge in [0.1, 0.15) is 24.2 Å². The highest BCUT2D eigenvalue weighted by molar-refractivity contribution is 5.88. The van der Waals surface area contributed by atoms with Crippen molar-refractivity contribution in [3.63, 3.8) is 0 Å². The van der Waals surface area contributed by atoms with Crippen LogP contribution in [0.4, 0.5) is 5.69 Å². The lowest BCUT2D eigenvalue weighted by Crippen LogP contribution is -2.49. The summed E-state index contributed by atoms with van der Waals surface area (Å²) in [5.74, 6) is 1.73. The van der Waals surface area contributed by atoms with Crippen molar-refractivity contribution >= 4 is 28.9 Å². The molecule has 0 aromatic heterocycles. The number of benzene rings is 3. The standard InChI is InChI=1S/C24H28N2O3.ClH.H2O/c1-28-24-11-5-4-10-22(24)26-15-13-25(14-16-26)17-20(27)18-29-23-12-6-8-19-7-2-3-9-21(19)23;;/h2-12,20,27H,13-18H2,1H3;1H;1H2. The van der Waals surface area contributed by atoms with E-state index in [4.69, 9.17) is 9.47 Å². The highest BCUT2D eigenvalue weighted by atomic mass is 35.5. The molecular formula is C24H31ClN2O4. The van der Waals surface area contributed by atoms with E-state index in [2.05, 4.69) is 28.0 Å². The molecule has 0 radical (unpaired) electrons. The van der Waals surface area contributed by atoms with Crippen LogP contribution in [0, 0.1) is 0 Å². The zero-order valence-corrected chi connectivity index (χ0v) is 18.6. The van der Waals surface area contributed by atoms with Gasteiger partial charge in [0.2, 0.25) is 0 Å². The molecular weight excluding hydrogens is 416 g/mol. The molecule has 3 aromatic carbocycles. The first-order chi connectivity index (χ1) is 14.2. The largest absolute Gasteiger partial charge is 0.495 e. The van der Waals surface area contributed by atoms with Crippen LogP contribution >= 0.6 is 12.4 Å². The van der Waals surface area contributed by atoms with Crippen molar-refractivity contribution < 1.29 is 20.1 Å². The molecule has 0 saturated carbocycles. The lowest BCUT2D eigenvalue weighted by atomic mass is 10.1. The van der Waals surface area contributed by atoms with Crippen LogP contribution in [0.1, 0.15) is 0 Å². The zero-order chi connectivity index (χ0) is 20.1. The quantitative estimate of drug-likeness (QED) is 0.603. The van der Waals surface area contributed by atoms with Gasteiger partial charge in [-0.25, -0.2) is 0 Å². The Balaban J connectivity index is 0.00000171. The molecule has 0 aliphatic carbocycles. The number of nitrogens with zero attached hydrogens (tertiary/aromatic N) is 2. The van der Waals surface area contributed by atoms with Crippen molar-refractivity contribution in [2.75, 3.05) is 51.3 Å². The van der Waals surface area contributed by atoms with Crippen LogP contribution < -0.4 is 14.4 Å². The van der Waals surface area contributed by atoms with Crippen LogP contribution in [0.15, 0.2) is 66.7 Å². The fourth-order valence-electron chi connectivity index (χ4n) is 3.92. The second kappa shape index (κ2) is 11.8. The summed E-state index contributed by atoms with van der Waals surface area (Å²) in [5, 5.41) is 12.7. The Hall–Kier alpha value is -2.51. The monoisotopic (exact) mass is 446 g/mol. The molecule has 1 unspecified atom stereocenters. The summed E-state index contributed by atoms with van der Waals surface area (Å²) in [6, 6.07) is 22.3. The third kappa shape index (κ3) is 6.02. The van der Waals surface area contributed by atoms with Crippen LogP contribution in [0.2, 0.25) is 0 Å². The molecule has 6 nitrogen and oxygen atoms in total. The second-order valence-corrected chi connectivity index (χ2v) is 7.40. The van der Waals surface area contributed by atoms with Gasteiger partial charge in [-0.3, -0.25) is 4.90 Å². The molecule has 4 rings (SSSR count). The Labute approximate surface area is 189 Å². The fraction of sp³-hybridized carbons (Fsp3) is 0.333. The predicted octanol–water partition coefficient (Wildman–Crippen LogP) is 3.01. The number of hydrogen-bond acceptors (Lipinski definition) is 5. The zero-order valence-electron chi connectivity index (χ0n) is 17.7. The summed E-state index contributed by atoms with van der Waals surface area (Å²) < 4.78 is 11.4. The van der Waals surface area contributed by atoms with Gasteiger partial charge in [0, 0.05) is 38.1 Å². The van der Waals surface area contributed by atoms with E-state index in [1.165, 1.54) is 0 Å². The maximum Gasteiger partial charge on any atom is 0.142 e. The second-order valence-electron chi connectivity index (χ2n) is 7.40. The number of para-hydroxylation sites is 2. The molecule has 31 heavy (non-hydrogen) atoms. The number of hydrogen-bond donors (Lipinski definition) is 1. The molecule has 168 valence electrons. The summed E-state index contributed by atoms with van der Waals surface area (Å²) in [5.41, 5.74) is 1.13. The van der Waals surface area contributed by atoms with Gasteiger partial charge in [-0.15, -0.1) is 12.4 Å². The van der Waals surface area contributed by atoms with Gasteiger partial charge in [0.15, 0.2) is 0 Å². The van der Waals surface area contributed by atoms with Crippen LogP contribution in [0.5, 0.6) is 11.5 Å². The van der Waals surface area contributed by atoms with Gasteiger partial charge in [-0.2, -0.15) is 0 Å². The van der Waals surface area contributed by atoms with Gasteiger partial charge >= 0.3 is 0 Å². The smallest absolute Gasteiger partial charge is 0.142 e. The molecule has 1 aliphatic heterocycles. The van der Waals surface area contributed by atoms with Crippen molar-refractivity contribution in [3.05, 3.63) is 66.7 Å². The Kier molecular flexibility index (Phi) is 9.40. The number of aliphatic hydroxyl groups is 1. The summed E-state index contributed by atoms with van der Waals surface area (Å²) in [6.45, 7) is 4.55. The molecule has 1 heterocycles. The van der Waals surface area contributed by atoms with Crippen molar-refractivity contribution in [1.29, 1.82) is 0 Å². The SMILES string of the molecule is COc1ccccc1N1CCN(CC(O)COc2cccc3ccccc23)CC1.Cl.O. The van der Waals surface area contributed by atoms with E-state index in [-0.39, 0.29) is 17.9 Å². The van der Waals surface area contributed by atoms with Gasteiger partial charge in [-0.05, 0) is 23.6 Å². The number of ether oxygens (including phenoxy) is 2. The summed E-state index contributed by atoms with van der Waals surface area (Å²) >= 11 is 0. The Bertz CT molecular complexity index is 942. The van der Waals surface area contributed by atoms with Crippen LogP contribution in [0.25, 0.3) is 10.8 Å². The first kappa shape index (κ1) is 24.8. The normalized spacial score (nSPS) is 15.0. The van der Waals surface area contributed by atoms with Crippen molar-refractivity contribution in [2.24, 2.45) is 0 Å². The van der Waals surface area contributed by atoms with E-state index in [9.17, 15) is 5.11 Å². The maximum absolute atomic E-state index is 10.5. The van der Waals surface area contributed by atoms with Gasteiger partial charge in [0.25, 0.3) is 0 Å². The molecule has 0 spiro atoms. The number of β-amino-alcohol motifs (C(OH)–C–C–N with tert-alkyl or cyclic N) is 1. The molecule has 0 bridgehead atoms.